The maximum atomic E-state index is 11.7. The van der Waals surface area contributed by atoms with Crippen LogP contribution in [0.25, 0.3) is 0 Å². The van der Waals surface area contributed by atoms with E-state index in [1.165, 1.54) is 6.21 Å². The Hall–Kier alpha value is -0.380. The van der Waals surface area contributed by atoms with Crippen LogP contribution in [0.5, 0.6) is 0 Å². The SMILES string of the molecule is CC(C)(C)[S@@](=O)N=Cc1ccc(Cl)cc1Cl. The van der Waals surface area contributed by atoms with Gasteiger partial charge in [-0.05, 0) is 32.9 Å². The highest BCUT2D eigenvalue weighted by atomic mass is 35.5. The second-order valence-corrected chi connectivity index (χ2v) is 7.04. The normalized spacial score (nSPS) is 14.3. The first kappa shape index (κ1) is 13.7. The zero-order chi connectivity index (χ0) is 12.3. The first-order chi connectivity index (χ1) is 7.30. The molecular formula is C11H13Cl2NOS. The Morgan fingerprint density at radius 1 is 1.31 bits per heavy atom. The van der Waals surface area contributed by atoms with E-state index in [2.05, 4.69) is 4.40 Å². The highest BCUT2D eigenvalue weighted by Crippen LogP contribution is 2.20. The molecule has 88 valence electrons. The van der Waals surface area contributed by atoms with Gasteiger partial charge in [0.05, 0.1) is 9.77 Å². The molecule has 0 saturated heterocycles. The molecule has 0 aliphatic rings. The molecule has 0 radical (unpaired) electrons. The van der Waals surface area contributed by atoms with Crippen LogP contribution in [0, 0.1) is 0 Å². The topological polar surface area (TPSA) is 29.4 Å². The number of nitrogens with zero attached hydrogens (tertiary/aromatic N) is 1. The Balaban J connectivity index is 2.89. The van der Waals surface area contributed by atoms with Gasteiger partial charge in [-0.15, -0.1) is 0 Å². The molecule has 0 heterocycles. The molecule has 0 saturated carbocycles. The molecule has 0 aromatic heterocycles. The van der Waals surface area contributed by atoms with Crippen LogP contribution in [0.15, 0.2) is 22.6 Å². The summed E-state index contributed by atoms with van der Waals surface area (Å²) in [5.41, 5.74) is 0.712. The summed E-state index contributed by atoms with van der Waals surface area (Å²) in [6, 6.07) is 5.09. The van der Waals surface area contributed by atoms with Crippen molar-refractivity contribution >= 4 is 40.4 Å². The predicted octanol–water partition coefficient (Wildman–Crippen LogP) is 3.87. The molecule has 1 aromatic rings. The molecule has 16 heavy (non-hydrogen) atoms. The van der Waals surface area contributed by atoms with Gasteiger partial charge in [-0.25, -0.2) is 4.21 Å². The first-order valence-electron chi connectivity index (χ1n) is 4.72. The Morgan fingerprint density at radius 3 is 2.44 bits per heavy atom. The number of hydrogen-bond acceptors (Lipinski definition) is 1. The van der Waals surface area contributed by atoms with Crippen LogP contribution < -0.4 is 0 Å². The molecule has 0 aliphatic carbocycles. The highest BCUT2D eigenvalue weighted by Gasteiger charge is 2.18. The van der Waals surface area contributed by atoms with E-state index in [9.17, 15) is 4.21 Å². The highest BCUT2D eigenvalue weighted by molar-refractivity contribution is 7.85. The van der Waals surface area contributed by atoms with E-state index in [1.54, 1.807) is 18.2 Å². The zero-order valence-corrected chi connectivity index (χ0v) is 11.7. The van der Waals surface area contributed by atoms with Gasteiger partial charge in [0.1, 0.15) is 11.0 Å². The maximum Gasteiger partial charge on any atom is 0.144 e. The second kappa shape index (κ2) is 5.30. The third kappa shape index (κ3) is 3.89. The van der Waals surface area contributed by atoms with Crippen molar-refractivity contribution in [2.24, 2.45) is 4.40 Å². The maximum absolute atomic E-state index is 11.7. The fourth-order valence-corrected chi connectivity index (χ4v) is 1.85. The minimum Gasteiger partial charge on any atom is -0.234 e. The summed E-state index contributed by atoms with van der Waals surface area (Å²) in [6.07, 6.45) is 1.51. The minimum absolute atomic E-state index is 0.366. The lowest BCUT2D eigenvalue weighted by molar-refractivity contribution is 0.651. The summed E-state index contributed by atoms with van der Waals surface area (Å²) >= 11 is 11.7. The third-order valence-electron chi connectivity index (χ3n) is 1.77. The number of hydrogen-bond donors (Lipinski definition) is 0. The van der Waals surface area contributed by atoms with Crippen molar-refractivity contribution in [3.05, 3.63) is 33.8 Å². The van der Waals surface area contributed by atoms with Crippen molar-refractivity contribution in [3.63, 3.8) is 0 Å². The number of benzene rings is 1. The average Bonchev–Trinajstić information content (AvgIpc) is 2.14. The Bertz CT molecular complexity index is 438. The molecule has 0 amide bonds. The van der Waals surface area contributed by atoms with Gasteiger partial charge < -0.3 is 0 Å². The molecule has 1 aromatic carbocycles. The minimum atomic E-state index is -1.27. The van der Waals surface area contributed by atoms with E-state index in [0.717, 1.165) is 0 Å². The molecule has 0 bridgehead atoms. The summed E-state index contributed by atoms with van der Waals surface area (Å²) in [6.45, 7) is 5.59. The van der Waals surface area contributed by atoms with Gasteiger partial charge in [-0.3, -0.25) is 0 Å². The fourth-order valence-electron chi connectivity index (χ4n) is 0.869. The fraction of sp³-hybridized carbons (Fsp3) is 0.364. The van der Waals surface area contributed by atoms with Crippen molar-refractivity contribution < 1.29 is 4.21 Å². The summed E-state index contributed by atoms with van der Waals surface area (Å²) in [5.74, 6) is 0. The molecule has 0 N–H and O–H groups in total. The van der Waals surface area contributed by atoms with E-state index in [0.29, 0.717) is 15.6 Å². The van der Waals surface area contributed by atoms with Crippen molar-refractivity contribution in [2.45, 2.75) is 25.5 Å². The van der Waals surface area contributed by atoms with Gasteiger partial charge in [-0.2, -0.15) is 4.40 Å². The number of rotatable bonds is 2. The van der Waals surface area contributed by atoms with Crippen molar-refractivity contribution in [1.29, 1.82) is 0 Å². The van der Waals surface area contributed by atoms with Crippen LogP contribution in [-0.2, 0) is 11.0 Å². The molecule has 0 unspecified atom stereocenters. The molecule has 0 aliphatic heterocycles. The lowest BCUT2D eigenvalue weighted by atomic mass is 10.2. The van der Waals surface area contributed by atoms with Crippen LogP contribution in [0.1, 0.15) is 26.3 Å². The molecule has 0 fully saturated rings. The smallest absolute Gasteiger partial charge is 0.144 e. The number of halogens is 2. The Kier molecular flexibility index (Phi) is 4.53. The molecular weight excluding hydrogens is 265 g/mol. The van der Waals surface area contributed by atoms with Crippen molar-refractivity contribution in [3.8, 4) is 0 Å². The van der Waals surface area contributed by atoms with E-state index in [1.807, 2.05) is 20.8 Å². The van der Waals surface area contributed by atoms with Crippen LogP contribution in [-0.4, -0.2) is 15.2 Å². The van der Waals surface area contributed by atoms with Crippen LogP contribution in [0.2, 0.25) is 10.0 Å². The summed E-state index contributed by atoms with van der Waals surface area (Å²) < 4.78 is 15.3. The lowest BCUT2D eigenvalue weighted by Gasteiger charge is -2.12. The largest absolute Gasteiger partial charge is 0.234 e. The predicted molar refractivity (Wildman–Crippen MR) is 72.0 cm³/mol. The lowest BCUT2D eigenvalue weighted by Crippen LogP contribution is -2.19. The van der Waals surface area contributed by atoms with E-state index in [-0.39, 0.29) is 4.75 Å². The Labute approximate surface area is 108 Å². The van der Waals surface area contributed by atoms with Gasteiger partial charge in [0.25, 0.3) is 0 Å². The third-order valence-corrected chi connectivity index (χ3v) is 3.68. The second-order valence-electron chi connectivity index (χ2n) is 4.26. The van der Waals surface area contributed by atoms with Crippen LogP contribution in [0.3, 0.4) is 0 Å². The Morgan fingerprint density at radius 2 is 1.94 bits per heavy atom. The quantitative estimate of drug-likeness (QED) is 0.755. The summed E-state index contributed by atoms with van der Waals surface area (Å²) in [5, 5.41) is 1.07. The van der Waals surface area contributed by atoms with Crippen molar-refractivity contribution in [1.82, 2.24) is 0 Å². The van der Waals surface area contributed by atoms with Crippen LogP contribution >= 0.6 is 23.2 Å². The van der Waals surface area contributed by atoms with Crippen molar-refractivity contribution in [2.75, 3.05) is 0 Å². The summed E-state index contributed by atoms with van der Waals surface area (Å²) in [7, 11) is -1.27. The molecule has 0 spiro atoms. The van der Waals surface area contributed by atoms with Crippen LogP contribution in [0.4, 0.5) is 0 Å². The summed E-state index contributed by atoms with van der Waals surface area (Å²) in [4.78, 5) is 0. The molecule has 2 nitrogen and oxygen atoms in total. The van der Waals surface area contributed by atoms with Gasteiger partial charge in [0.2, 0.25) is 0 Å². The average molecular weight is 278 g/mol. The molecule has 5 heteroatoms. The van der Waals surface area contributed by atoms with Gasteiger partial charge in [0.15, 0.2) is 0 Å². The molecule has 1 rings (SSSR count). The monoisotopic (exact) mass is 277 g/mol. The van der Waals surface area contributed by atoms with E-state index in [4.69, 9.17) is 23.2 Å². The zero-order valence-electron chi connectivity index (χ0n) is 9.33. The van der Waals surface area contributed by atoms with E-state index >= 15 is 0 Å². The van der Waals surface area contributed by atoms with Gasteiger partial charge in [-0.1, -0.05) is 29.3 Å². The molecule has 1 atom stereocenters. The van der Waals surface area contributed by atoms with E-state index < -0.39 is 11.0 Å². The standard InChI is InChI=1S/C11H13Cl2NOS/c1-11(2,3)16(15)14-7-8-4-5-9(12)6-10(8)13/h4-7H,1-3H3/t16-/m1/s1. The van der Waals surface area contributed by atoms with Gasteiger partial charge >= 0.3 is 0 Å². The van der Waals surface area contributed by atoms with Gasteiger partial charge in [0, 0.05) is 16.8 Å². The first-order valence-corrected chi connectivity index (χ1v) is 6.58.